The van der Waals surface area contributed by atoms with Gasteiger partial charge in [0, 0.05) is 29.9 Å². The Balaban J connectivity index is 1.73. The first-order chi connectivity index (χ1) is 9.63. The molecule has 0 spiro atoms. The zero-order chi connectivity index (χ0) is 14.4. The molecule has 2 aromatic rings. The van der Waals surface area contributed by atoms with Gasteiger partial charge < -0.3 is 10.6 Å². The number of rotatable bonds is 5. The first-order valence-corrected chi connectivity index (χ1v) is 7.26. The molecule has 0 saturated carbocycles. The normalized spacial score (nSPS) is 11.9. The molecule has 1 aromatic heterocycles. The fourth-order valence-electron chi connectivity index (χ4n) is 1.67. The van der Waals surface area contributed by atoms with Crippen LogP contribution in [0, 0.1) is 0 Å². The molecular weight excluding hydrogens is 272 g/mol. The first kappa shape index (κ1) is 14.5. The lowest BCUT2D eigenvalue weighted by molar-refractivity contribution is 0.252. The van der Waals surface area contributed by atoms with E-state index in [-0.39, 0.29) is 6.03 Å². The van der Waals surface area contributed by atoms with E-state index in [1.54, 1.807) is 28.8 Å². The van der Waals surface area contributed by atoms with Crippen LogP contribution in [0.2, 0.25) is 0 Å². The van der Waals surface area contributed by atoms with Crippen LogP contribution < -0.4 is 10.6 Å². The third kappa shape index (κ3) is 4.62. The van der Waals surface area contributed by atoms with Gasteiger partial charge in [-0.05, 0) is 12.1 Å². The van der Waals surface area contributed by atoms with Crippen molar-refractivity contribution in [3.63, 3.8) is 0 Å². The highest BCUT2D eigenvalue weighted by atomic mass is 32.2. The van der Waals surface area contributed by atoms with E-state index in [0.29, 0.717) is 17.5 Å². The number of aromatic nitrogens is 2. The lowest BCUT2D eigenvalue weighted by Crippen LogP contribution is -2.33. The molecule has 2 N–H and O–H groups in total. The Labute approximate surface area is 122 Å². The number of urea groups is 1. The summed E-state index contributed by atoms with van der Waals surface area (Å²) < 4.78 is 1.64. The molecule has 0 aliphatic carbocycles. The Hall–Kier alpha value is -1.95. The van der Waals surface area contributed by atoms with Crippen molar-refractivity contribution >= 4 is 23.5 Å². The molecule has 20 heavy (non-hydrogen) atoms. The van der Waals surface area contributed by atoms with E-state index in [9.17, 15) is 4.79 Å². The van der Waals surface area contributed by atoms with E-state index in [4.69, 9.17) is 0 Å². The molecule has 0 saturated heterocycles. The maximum Gasteiger partial charge on any atom is 0.319 e. The van der Waals surface area contributed by atoms with E-state index in [0.717, 1.165) is 0 Å². The van der Waals surface area contributed by atoms with Crippen LogP contribution in [0.4, 0.5) is 10.5 Å². The van der Waals surface area contributed by atoms with Gasteiger partial charge in [-0.1, -0.05) is 25.1 Å². The van der Waals surface area contributed by atoms with Crippen molar-refractivity contribution in [2.75, 3.05) is 11.9 Å². The van der Waals surface area contributed by atoms with Gasteiger partial charge in [0.05, 0.1) is 11.9 Å². The smallest absolute Gasteiger partial charge is 0.319 e. The summed E-state index contributed by atoms with van der Waals surface area (Å²) in [5.74, 6) is 0. The number of carbonyl (C=O) groups excluding carboxylic acids is 1. The molecule has 2 rings (SSSR count). The Morgan fingerprint density at radius 1 is 1.40 bits per heavy atom. The molecule has 106 valence electrons. The van der Waals surface area contributed by atoms with Gasteiger partial charge >= 0.3 is 6.03 Å². The zero-order valence-corrected chi connectivity index (χ0v) is 12.4. The molecule has 0 aliphatic rings. The standard InChI is InChI=1S/C14H18N4OS/c1-11(20-13-6-4-3-5-7-13)8-15-14(19)17-12-9-16-18(2)10-12/h3-7,9-11H,8H2,1-2H3,(H2,15,17,19)/t11-/m0/s1. The molecule has 0 bridgehead atoms. The summed E-state index contributed by atoms with van der Waals surface area (Å²) in [7, 11) is 1.81. The minimum absolute atomic E-state index is 0.210. The second-order valence-electron chi connectivity index (χ2n) is 4.48. The van der Waals surface area contributed by atoms with Crippen LogP contribution >= 0.6 is 11.8 Å². The lowest BCUT2D eigenvalue weighted by atomic mass is 10.4. The fraction of sp³-hybridized carbons (Fsp3) is 0.286. The molecule has 1 heterocycles. The molecule has 0 radical (unpaired) electrons. The second kappa shape index (κ2) is 7.00. The van der Waals surface area contributed by atoms with Crippen molar-refractivity contribution in [2.24, 2.45) is 7.05 Å². The van der Waals surface area contributed by atoms with Gasteiger partial charge in [0.15, 0.2) is 0 Å². The predicted molar refractivity (Wildman–Crippen MR) is 82.0 cm³/mol. The molecule has 6 heteroatoms. The number of anilines is 1. The summed E-state index contributed by atoms with van der Waals surface area (Å²) in [5.41, 5.74) is 0.688. The number of thioether (sulfide) groups is 1. The second-order valence-corrected chi connectivity index (χ2v) is 5.99. The fourth-order valence-corrected chi connectivity index (χ4v) is 2.62. The summed E-state index contributed by atoms with van der Waals surface area (Å²) in [6.07, 6.45) is 3.36. The number of nitrogens with one attached hydrogen (secondary N) is 2. The molecule has 5 nitrogen and oxygen atoms in total. The van der Waals surface area contributed by atoms with Crippen molar-refractivity contribution < 1.29 is 4.79 Å². The van der Waals surface area contributed by atoms with Crippen LogP contribution in [0.5, 0.6) is 0 Å². The summed E-state index contributed by atoms with van der Waals surface area (Å²) in [6, 6.07) is 9.94. The number of carbonyl (C=O) groups is 1. The van der Waals surface area contributed by atoms with Crippen LogP contribution in [0.25, 0.3) is 0 Å². The molecule has 0 unspecified atom stereocenters. The predicted octanol–water partition coefficient (Wildman–Crippen LogP) is 2.72. The van der Waals surface area contributed by atoms with Gasteiger partial charge in [-0.25, -0.2) is 4.79 Å². The molecule has 1 atom stereocenters. The highest BCUT2D eigenvalue weighted by Gasteiger charge is 2.07. The van der Waals surface area contributed by atoms with Gasteiger partial charge in [0.1, 0.15) is 0 Å². The van der Waals surface area contributed by atoms with Crippen LogP contribution in [0.3, 0.4) is 0 Å². The van der Waals surface area contributed by atoms with Gasteiger partial charge in [0.25, 0.3) is 0 Å². The van der Waals surface area contributed by atoms with E-state index >= 15 is 0 Å². The zero-order valence-electron chi connectivity index (χ0n) is 11.5. The molecule has 2 amide bonds. The minimum atomic E-state index is -0.210. The van der Waals surface area contributed by atoms with Crippen LogP contribution in [0.15, 0.2) is 47.6 Å². The van der Waals surface area contributed by atoms with Gasteiger partial charge in [-0.2, -0.15) is 5.10 Å². The van der Waals surface area contributed by atoms with E-state index in [1.807, 2.05) is 25.2 Å². The molecule has 0 fully saturated rings. The highest BCUT2D eigenvalue weighted by Crippen LogP contribution is 2.21. The SMILES string of the molecule is C[C@@H](CNC(=O)Nc1cnn(C)c1)Sc1ccccc1. The largest absolute Gasteiger partial charge is 0.337 e. The summed E-state index contributed by atoms with van der Waals surface area (Å²) in [5, 5.41) is 9.89. The van der Waals surface area contributed by atoms with Gasteiger partial charge in [0.2, 0.25) is 0 Å². The quantitative estimate of drug-likeness (QED) is 0.832. The third-order valence-corrected chi connectivity index (χ3v) is 3.71. The van der Waals surface area contributed by atoms with Crippen LogP contribution in [0.1, 0.15) is 6.92 Å². The minimum Gasteiger partial charge on any atom is -0.337 e. The number of amides is 2. The van der Waals surface area contributed by atoms with Crippen molar-refractivity contribution in [1.82, 2.24) is 15.1 Å². The van der Waals surface area contributed by atoms with Crippen molar-refractivity contribution in [1.29, 1.82) is 0 Å². The number of benzene rings is 1. The van der Waals surface area contributed by atoms with Gasteiger partial charge in [-0.3, -0.25) is 4.68 Å². The topological polar surface area (TPSA) is 59.0 Å². The Kier molecular flexibility index (Phi) is 5.06. The molecular formula is C14H18N4OS. The lowest BCUT2D eigenvalue weighted by Gasteiger charge is -2.12. The van der Waals surface area contributed by atoms with E-state index in [1.165, 1.54) is 4.90 Å². The number of nitrogens with zero attached hydrogens (tertiary/aromatic N) is 2. The highest BCUT2D eigenvalue weighted by molar-refractivity contribution is 8.00. The van der Waals surface area contributed by atoms with Crippen LogP contribution in [-0.2, 0) is 7.05 Å². The molecule has 1 aromatic carbocycles. The van der Waals surface area contributed by atoms with Crippen LogP contribution in [-0.4, -0.2) is 27.6 Å². The maximum absolute atomic E-state index is 11.7. The Bertz CT molecular complexity index is 555. The average Bonchev–Trinajstić information content (AvgIpc) is 2.83. The summed E-state index contributed by atoms with van der Waals surface area (Å²) in [6.45, 7) is 2.69. The third-order valence-electron chi connectivity index (χ3n) is 2.59. The van der Waals surface area contributed by atoms with Gasteiger partial charge in [-0.15, -0.1) is 11.8 Å². The first-order valence-electron chi connectivity index (χ1n) is 6.38. The van der Waals surface area contributed by atoms with Crippen molar-refractivity contribution in [2.45, 2.75) is 17.1 Å². The average molecular weight is 290 g/mol. The monoisotopic (exact) mass is 290 g/mol. The van der Waals surface area contributed by atoms with E-state index in [2.05, 4.69) is 34.8 Å². The molecule has 0 aliphatic heterocycles. The summed E-state index contributed by atoms with van der Waals surface area (Å²) >= 11 is 1.74. The number of aryl methyl sites for hydroxylation is 1. The van der Waals surface area contributed by atoms with E-state index < -0.39 is 0 Å². The van der Waals surface area contributed by atoms with Crippen molar-refractivity contribution in [3.05, 3.63) is 42.7 Å². The maximum atomic E-state index is 11.7. The Morgan fingerprint density at radius 2 is 2.15 bits per heavy atom. The number of hydrogen-bond donors (Lipinski definition) is 2. The Morgan fingerprint density at radius 3 is 2.80 bits per heavy atom. The van der Waals surface area contributed by atoms with Crippen molar-refractivity contribution in [3.8, 4) is 0 Å². The number of hydrogen-bond acceptors (Lipinski definition) is 3. The summed E-state index contributed by atoms with van der Waals surface area (Å²) in [4.78, 5) is 12.9.